The SMILES string of the molecule is CN(C)CC1(NC(=O)Nc2ccc3nc(C4CC4)oc3c2)CCC1. The second-order valence-corrected chi connectivity index (χ2v) is 7.46. The molecule has 2 N–H and O–H groups in total. The number of nitrogens with one attached hydrogen (secondary N) is 2. The Morgan fingerprint density at radius 1 is 1.38 bits per heavy atom. The molecule has 0 bridgehead atoms. The second kappa shape index (κ2) is 5.77. The molecule has 0 radical (unpaired) electrons. The summed E-state index contributed by atoms with van der Waals surface area (Å²) in [6, 6.07) is 5.48. The summed E-state index contributed by atoms with van der Waals surface area (Å²) in [5.41, 5.74) is 2.23. The van der Waals surface area contributed by atoms with E-state index >= 15 is 0 Å². The average molecular weight is 328 g/mol. The van der Waals surface area contributed by atoms with E-state index in [0.717, 1.165) is 54.9 Å². The molecule has 1 heterocycles. The van der Waals surface area contributed by atoms with E-state index in [0.29, 0.717) is 5.92 Å². The van der Waals surface area contributed by atoms with Crippen molar-refractivity contribution in [2.75, 3.05) is 26.0 Å². The molecule has 0 spiro atoms. The van der Waals surface area contributed by atoms with E-state index < -0.39 is 0 Å². The highest BCUT2D eigenvalue weighted by atomic mass is 16.3. The number of hydrogen-bond acceptors (Lipinski definition) is 4. The quantitative estimate of drug-likeness (QED) is 0.883. The van der Waals surface area contributed by atoms with Crippen LogP contribution in [0.2, 0.25) is 0 Å². The zero-order valence-electron chi connectivity index (χ0n) is 14.3. The van der Waals surface area contributed by atoms with Gasteiger partial charge in [0.1, 0.15) is 5.52 Å². The number of nitrogens with zero attached hydrogens (tertiary/aromatic N) is 2. The number of urea groups is 1. The van der Waals surface area contributed by atoms with Crippen LogP contribution < -0.4 is 10.6 Å². The lowest BCUT2D eigenvalue weighted by molar-refractivity contribution is 0.144. The summed E-state index contributed by atoms with van der Waals surface area (Å²) < 4.78 is 5.81. The summed E-state index contributed by atoms with van der Waals surface area (Å²) in [5, 5.41) is 6.08. The first-order valence-corrected chi connectivity index (χ1v) is 8.67. The van der Waals surface area contributed by atoms with Crippen LogP contribution >= 0.6 is 0 Å². The van der Waals surface area contributed by atoms with Crippen LogP contribution in [0.4, 0.5) is 10.5 Å². The second-order valence-electron chi connectivity index (χ2n) is 7.46. The fraction of sp³-hybridized carbons (Fsp3) is 0.556. The van der Waals surface area contributed by atoms with Gasteiger partial charge in [-0.15, -0.1) is 0 Å². The monoisotopic (exact) mass is 328 g/mol. The highest BCUT2D eigenvalue weighted by Gasteiger charge is 2.38. The van der Waals surface area contributed by atoms with E-state index in [1.807, 2.05) is 32.3 Å². The first-order valence-electron chi connectivity index (χ1n) is 8.67. The van der Waals surface area contributed by atoms with Gasteiger partial charge in [0.2, 0.25) is 0 Å². The molecule has 0 atom stereocenters. The molecule has 0 unspecified atom stereocenters. The van der Waals surface area contributed by atoms with Crippen LogP contribution in [-0.4, -0.2) is 42.1 Å². The van der Waals surface area contributed by atoms with Crippen LogP contribution in [0.1, 0.15) is 43.9 Å². The lowest BCUT2D eigenvalue weighted by Crippen LogP contribution is -2.59. The number of benzene rings is 1. The van der Waals surface area contributed by atoms with E-state index in [1.54, 1.807) is 0 Å². The Kier molecular flexibility index (Phi) is 3.72. The molecule has 2 aromatic rings. The number of anilines is 1. The number of hydrogen-bond donors (Lipinski definition) is 2. The van der Waals surface area contributed by atoms with Gasteiger partial charge in [0.15, 0.2) is 11.5 Å². The maximum absolute atomic E-state index is 12.4. The molecule has 0 aliphatic heterocycles. The molecule has 128 valence electrons. The molecule has 1 aromatic carbocycles. The molecule has 2 saturated carbocycles. The van der Waals surface area contributed by atoms with Crippen LogP contribution in [0.15, 0.2) is 22.6 Å². The smallest absolute Gasteiger partial charge is 0.319 e. The lowest BCUT2D eigenvalue weighted by atomic mass is 9.76. The predicted octanol–water partition coefficient (Wildman–Crippen LogP) is 3.31. The molecule has 0 saturated heterocycles. The topological polar surface area (TPSA) is 70.4 Å². The molecule has 1 aromatic heterocycles. The summed E-state index contributed by atoms with van der Waals surface area (Å²) in [6.07, 6.45) is 5.56. The minimum atomic E-state index is -0.155. The van der Waals surface area contributed by atoms with Crippen molar-refractivity contribution in [3.63, 3.8) is 0 Å². The lowest BCUT2D eigenvalue weighted by Gasteiger charge is -2.44. The fourth-order valence-electron chi connectivity index (χ4n) is 3.46. The zero-order valence-corrected chi connectivity index (χ0v) is 14.3. The number of carbonyl (C=O) groups is 1. The van der Waals surface area contributed by atoms with E-state index in [-0.39, 0.29) is 11.6 Å². The van der Waals surface area contributed by atoms with Crippen molar-refractivity contribution < 1.29 is 9.21 Å². The average Bonchev–Trinajstić information content (AvgIpc) is 3.24. The number of oxazole rings is 1. The van der Waals surface area contributed by atoms with Gasteiger partial charge in [-0.25, -0.2) is 9.78 Å². The maximum Gasteiger partial charge on any atom is 0.319 e. The van der Waals surface area contributed by atoms with Gasteiger partial charge in [-0.3, -0.25) is 0 Å². The van der Waals surface area contributed by atoms with Crippen molar-refractivity contribution in [2.24, 2.45) is 0 Å². The molecule has 24 heavy (non-hydrogen) atoms. The number of likely N-dealkylation sites (N-methyl/N-ethyl adjacent to an activating group) is 1. The molecule has 2 aliphatic carbocycles. The Morgan fingerprint density at radius 2 is 2.17 bits per heavy atom. The minimum Gasteiger partial charge on any atom is -0.440 e. The Bertz CT molecular complexity index is 759. The van der Waals surface area contributed by atoms with Crippen molar-refractivity contribution in [3.8, 4) is 0 Å². The van der Waals surface area contributed by atoms with Gasteiger partial charge in [-0.05, 0) is 58.3 Å². The molecule has 2 fully saturated rings. The van der Waals surface area contributed by atoms with Gasteiger partial charge < -0.3 is 20.0 Å². The molecule has 6 heteroatoms. The van der Waals surface area contributed by atoms with E-state index in [1.165, 1.54) is 6.42 Å². The molecule has 4 rings (SSSR count). The zero-order chi connectivity index (χ0) is 16.7. The Morgan fingerprint density at radius 3 is 2.79 bits per heavy atom. The first-order chi connectivity index (χ1) is 11.5. The molecular formula is C18H24N4O2. The van der Waals surface area contributed by atoms with Crippen molar-refractivity contribution >= 4 is 22.8 Å². The third-order valence-corrected chi connectivity index (χ3v) is 4.90. The number of carbonyl (C=O) groups excluding carboxylic acids is 1. The maximum atomic E-state index is 12.4. The summed E-state index contributed by atoms with van der Waals surface area (Å²) in [7, 11) is 4.07. The molecule has 2 aliphatic rings. The van der Waals surface area contributed by atoms with Crippen molar-refractivity contribution in [1.82, 2.24) is 15.2 Å². The number of amides is 2. The molecular weight excluding hydrogens is 304 g/mol. The number of fused-ring (bicyclic) bond motifs is 1. The van der Waals surface area contributed by atoms with E-state index in [9.17, 15) is 4.79 Å². The molecule has 6 nitrogen and oxygen atoms in total. The van der Waals surface area contributed by atoms with Gasteiger partial charge in [0.25, 0.3) is 0 Å². The summed E-state index contributed by atoms with van der Waals surface area (Å²) in [6.45, 7) is 0.867. The van der Waals surface area contributed by atoms with Crippen molar-refractivity contribution in [1.29, 1.82) is 0 Å². The van der Waals surface area contributed by atoms with Gasteiger partial charge in [-0.2, -0.15) is 0 Å². The predicted molar refractivity (Wildman–Crippen MR) is 93.3 cm³/mol. The summed E-state index contributed by atoms with van der Waals surface area (Å²) in [4.78, 5) is 19.0. The van der Waals surface area contributed by atoms with Crippen molar-refractivity contribution in [2.45, 2.75) is 43.6 Å². The number of rotatable bonds is 5. The fourth-order valence-corrected chi connectivity index (χ4v) is 3.46. The van der Waals surface area contributed by atoms with Gasteiger partial charge >= 0.3 is 6.03 Å². The van der Waals surface area contributed by atoms with Crippen LogP contribution in [-0.2, 0) is 0 Å². The minimum absolute atomic E-state index is 0.0942. The third-order valence-electron chi connectivity index (χ3n) is 4.90. The van der Waals surface area contributed by atoms with Gasteiger partial charge in [0.05, 0.1) is 5.54 Å². The first kappa shape index (κ1) is 15.4. The third kappa shape index (κ3) is 3.11. The van der Waals surface area contributed by atoms with E-state index in [4.69, 9.17) is 4.42 Å². The Balaban J connectivity index is 1.44. The molecule has 2 amide bonds. The van der Waals surface area contributed by atoms with Crippen molar-refractivity contribution in [3.05, 3.63) is 24.1 Å². The van der Waals surface area contributed by atoms with Gasteiger partial charge in [-0.1, -0.05) is 0 Å². The van der Waals surface area contributed by atoms with Crippen LogP contribution in [0.25, 0.3) is 11.1 Å². The highest BCUT2D eigenvalue weighted by molar-refractivity contribution is 5.92. The Hall–Kier alpha value is -2.08. The van der Waals surface area contributed by atoms with Crippen LogP contribution in [0.5, 0.6) is 0 Å². The largest absolute Gasteiger partial charge is 0.440 e. The van der Waals surface area contributed by atoms with E-state index in [2.05, 4.69) is 20.5 Å². The van der Waals surface area contributed by atoms with Crippen LogP contribution in [0.3, 0.4) is 0 Å². The summed E-state index contributed by atoms with van der Waals surface area (Å²) in [5.74, 6) is 1.31. The van der Waals surface area contributed by atoms with Crippen LogP contribution in [0, 0.1) is 0 Å². The normalized spacial score (nSPS) is 19.3. The Labute approximate surface area is 141 Å². The number of aromatic nitrogens is 1. The highest BCUT2D eigenvalue weighted by Crippen LogP contribution is 2.40. The standard InChI is InChI=1S/C18H24N4O2/c1-22(2)11-18(8-3-9-18)21-17(23)19-13-6-7-14-15(10-13)24-16(20-14)12-4-5-12/h6-7,10,12H,3-5,8-9,11H2,1-2H3,(H2,19,21,23). The van der Waals surface area contributed by atoms with Gasteiger partial charge in [0, 0.05) is 24.2 Å². The summed E-state index contributed by atoms with van der Waals surface area (Å²) >= 11 is 0.